The number of rotatable bonds is 4. The summed E-state index contributed by atoms with van der Waals surface area (Å²) in [5, 5.41) is 10.7. The second-order valence-corrected chi connectivity index (χ2v) is 4.32. The SMILES string of the molecule is COC(C(C)C)C(O)c1ccccc1Cl. The van der Waals surface area contributed by atoms with E-state index in [1.54, 1.807) is 13.2 Å². The van der Waals surface area contributed by atoms with Gasteiger partial charge in [0.15, 0.2) is 0 Å². The van der Waals surface area contributed by atoms with Crippen LogP contribution in [0.3, 0.4) is 0 Å². The summed E-state index contributed by atoms with van der Waals surface area (Å²) >= 11 is 6.01. The standard InChI is InChI=1S/C12H17ClO2/c1-8(2)12(15-3)11(14)9-6-4-5-7-10(9)13/h4-8,11-12,14H,1-3H3. The molecule has 2 atom stereocenters. The molecule has 0 aromatic heterocycles. The van der Waals surface area contributed by atoms with Crippen molar-refractivity contribution in [1.29, 1.82) is 0 Å². The number of hydrogen-bond acceptors (Lipinski definition) is 2. The normalized spacial score (nSPS) is 15.3. The zero-order valence-corrected chi connectivity index (χ0v) is 10.0. The molecule has 1 aromatic carbocycles. The summed E-state index contributed by atoms with van der Waals surface area (Å²) in [6.07, 6.45) is -0.909. The fraction of sp³-hybridized carbons (Fsp3) is 0.500. The Labute approximate surface area is 95.8 Å². The summed E-state index contributed by atoms with van der Waals surface area (Å²) in [6, 6.07) is 7.29. The molecule has 84 valence electrons. The second-order valence-electron chi connectivity index (χ2n) is 3.91. The molecule has 0 amide bonds. The second kappa shape index (κ2) is 5.50. The number of ether oxygens (including phenoxy) is 1. The van der Waals surface area contributed by atoms with E-state index in [4.69, 9.17) is 16.3 Å². The van der Waals surface area contributed by atoms with Crippen LogP contribution in [0.25, 0.3) is 0 Å². The molecule has 0 radical (unpaired) electrons. The van der Waals surface area contributed by atoms with Crippen LogP contribution in [0.4, 0.5) is 0 Å². The Morgan fingerprint density at radius 2 is 1.87 bits per heavy atom. The summed E-state index contributed by atoms with van der Waals surface area (Å²) in [4.78, 5) is 0. The first kappa shape index (κ1) is 12.5. The van der Waals surface area contributed by atoms with Gasteiger partial charge >= 0.3 is 0 Å². The Kier molecular flexibility index (Phi) is 4.58. The van der Waals surface area contributed by atoms with Gasteiger partial charge in [0, 0.05) is 17.7 Å². The van der Waals surface area contributed by atoms with Gasteiger partial charge in [0.1, 0.15) is 6.10 Å². The lowest BCUT2D eigenvalue weighted by Crippen LogP contribution is -2.26. The first-order chi connectivity index (χ1) is 7.07. The average molecular weight is 229 g/mol. The van der Waals surface area contributed by atoms with Gasteiger partial charge in [-0.15, -0.1) is 0 Å². The fourth-order valence-corrected chi connectivity index (χ4v) is 1.91. The molecule has 15 heavy (non-hydrogen) atoms. The van der Waals surface area contributed by atoms with E-state index in [0.29, 0.717) is 5.02 Å². The van der Waals surface area contributed by atoms with Crippen molar-refractivity contribution in [3.8, 4) is 0 Å². The number of aliphatic hydroxyl groups excluding tert-OH is 1. The molecular formula is C12H17ClO2. The van der Waals surface area contributed by atoms with Crippen LogP contribution in [0, 0.1) is 5.92 Å². The number of aliphatic hydroxyl groups is 1. The minimum absolute atomic E-state index is 0.232. The van der Waals surface area contributed by atoms with Gasteiger partial charge in [-0.1, -0.05) is 43.6 Å². The van der Waals surface area contributed by atoms with E-state index >= 15 is 0 Å². The summed E-state index contributed by atoms with van der Waals surface area (Å²) in [5.74, 6) is 0.237. The van der Waals surface area contributed by atoms with Crippen molar-refractivity contribution in [2.24, 2.45) is 5.92 Å². The Balaban J connectivity index is 2.92. The maximum absolute atomic E-state index is 10.1. The molecule has 0 saturated carbocycles. The van der Waals surface area contributed by atoms with Gasteiger partial charge in [-0.2, -0.15) is 0 Å². The van der Waals surface area contributed by atoms with E-state index in [1.807, 2.05) is 32.0 Å². The number of benzene rings is 1. The average Bonchev–Trinajstić information content (AvgIpc) is 2.18. The molecule has 0 fully saturated rings. The molecular weight excluding hydrogens is 212 g/mol. The van der Waals surface area contributed by atoms with Crippen LogP contribution in [0.15, 0.2) is 24.3 Å². The van der Waals surface area contributed by atoms with Crippen molar-refractivity contribution in [1.82, 2.24) is 0 Å². The molecule has 0 aliphatic rings. The van der Waals surface area contributed by atoms with Crippen molar-refractivity contribution in [2.75, 3.05) is 7.11 Å². The molecule has 2 nitrogen and oxygen atoms in total. The van der Waals surface area contributed by atoms with Gasteiger partial charge in [-0.3, -0.25) is 0 Å². The smallest absolute Gasteiger partial charge is 0.107 e. The van der Waals surface area contributed by atoms with Crippen molar-refractivity contribution in [3.63, 3.8) is 0 Å². The van der Waals surface area contributed by atoms with Crippen LogP contribution < -0.4 is 0 Å². The largest absolute Gasteiger partial charge is 0.386 e. The number of methoxy groups -OCH3 is 1. The highest BCUT2D eigenvalue weighted by atomic mass is 35.5. The van der Waals surface area contributed by atoms with Gasteiger partial charge in [0.25, 0.3) is 0 Å². The molecule has 3 heteroatoms. The zero-order chi connectivity index (χ0) is 11.4. The minimum atomic E-state index is -0.677. The van der Waals surface area contributed by atoms with Gasteiger partial charge in [0.05, 0.1) is 6.10 Å². The molecule has 0 spiro atoms. The first-order valence-corrected chi connectivity index (χ1v) is 5.41. The molecule has 0 bridgehead atoms. The van der Waals surface area contributed by atoms with E-state index in [9.17, 15) is 5.11 Å². The highest BCUT2D eigenvalue weighted by Gasteiger charge is 2.25. The number of halogens is 1. The van der Waals surface area contributed by atoms with E-state index in [2.05, 4.69) is 0 Å². The van der Waals surface area contributed by atoms with Crippen LogP contribution in [-0.2, 0) is 4.74 Å². The molecule has 0 saturated heterocycles. The Hall–Kier alpha value is -0.570. The maximum atomic E-state index is 10.1. The highest BCUT2D eigenvalue weighted by Crippen LogP contribution is 2.29. The topological polar surface area (TPSA) is 29.5 Å². The van der Waals surface area contributed by atoms with Gasteiger partial charge in [-0.25, -0.2) is 0 Å². The van der Waals surface area contributed by atoms with E-state index in [-0.39, 0.29) is 12.0 Å². The van der Waals surface area contributed by atoms with Gasteiger partial charge in [0.2, 0.25) is 0 Å². The highest BCUT2D eigenvalue weighted by molar-refractivity contribution is 6.31. The molecule has 0 aliphatic heterocycles. The zero-order valence-electron chi connectivity index (χ0n) is 9.27. The van der Waals surface area contributed by atoms with Crippen LogP contribution in [0.5, 0.6) is 0 Å². The van der Waals surface area contributed by atoms with Crippen molar-refractivity contribution in [2.45, 2.75) is 26.1 Å². The maximum Gasteiger partial charge on any atom is 0.107 e. The summed E-state index contributed by atoms with van der Waals surface area (Å²) in [5.41, 5.74) is 0.722. The molecule has 0 heterocycles. The lowest BCUT2D eigenvalue weighted by atomic mass is 9.96. The molecule has 1 N–H and O–H groups in total. The Bertz CT molecular complexity index is 312. The van der Waals surface area contributed by atoms with Crippen molar-refractivity contribution < 1.29 is 9.84 Å². The third-order valence-electron chi connectivity index (χ3n) is 2.46. The van der Waals surface area contributed by atoms with E-state index in [1.165, 1.54) is 0 Å². The van der Waals surface area contributed by atoms with Crippen molar-refractivity contribution in [3.05, 3.63) is 34.9 Å². The number of hydrogen-bond donors (Lipinski definition) is 1. The van der Waals surface area contributed by atoms with E-state index in [0.717, 1.165) is 5.56 Å². The van der Waals surface area contributed by atoms with Gasteiger partial charge in [-0.05, 0) is 12.0 Å². The predicted octanol–water partition coefficient (Wildman–Crippen LogP) is 3.04. The summed E-state index contributed by atoms with van der Waals surface area (Å²) in [6.45, 7) is 4.02. The van der Waals surface area contributed by atoms with Crippen molar-refractivity contribution >= 4 is 11.6 Å². The van der Waals surface area contributed by atoms with Gasteiger partial charge < -0.3 is 9.84 Å². The summed E-state index contributed by atoms with van der Waals surface area (Å²) < 4.78 is 5.27. The lowest BCUT2D eigenvalue weighted by molar-refractivity contribution is -0.0390. The predicted molar refractivity (Wildman–Crippen MR) is 62.0 cm³/mol. The van der Waals surface area contributed by atoms with Crippen LogP contribution >= 0.6 is 11.6 Å². The molecule has 1 rings (SSSR count). The Morgan fingerprint density at radius 1 is 1.27 bits per heavy atom. The van der Waals surface area contributed by atoms with Crippen LogP contribution in [0.1, 0.15) is 25.5 Å². The van der Waals surface area contributed by atoms with Crippen LogP contribution in [0.2, 0.25) is 5.02 Å². The molecule has 1 aromatic rings. The quantitative estimate of drug-likeness (QED) is 0.859. The third-order valence-corrected chi connectivity index (χ3v) is 2.81. The monoisotopic (exact) mass is 228 g/mol. The molecule has 2 unspecified atom stereocenters. The molecule has 0 aliphatic carbocycles. The minimum Gasteiger partial charge on any atom is -0.386 e. The van der Waals surface area contributed by atoms with E-state index < -0.39 is 6.10 Å². The third kappa shape index (κ3) is 2.94. The Morgan fingerprint density at radius 3 is 2.33 bits per heavy atom. The van der Waals surface area contributed by atoms with Crippen LogP contribution in [-0.4, -0.2) is 18.3 Å². The summed E-state index contributed by atoms with van der Waals surface area (Å²) in [7, 11) is 1.60. The first-order valence-electron chi connectivity index (χ1n) is 5.03. The lowest BCUT2D eigenvalue weighted by Gasteiger charge is -2.25. The fourth-order valence-electron chi connectivity index (χ4n) is 1.66.